The van der Waals surface area contributed by atoms with Gasteiger partial charge in [0.1, 0.15) is 5.75 Å². The van der Waals surface area contributed by atoms with Crippen LogP contribution < -0.4 is 10.6 Å². The van der Waals surface area contributed by atoms with Crippen molar-refractivity contribution in [3.63, 3.8) is 0 Å². The molecular formula is C24H22N2O9. The first-order valence-electron chi connectivity index (χ1n) is 10.8. The summed E-state index contributed by atoms with van der Waals surface area (Å²) in [6, 6.07) is 1.43. The van der Waals surface area contributed by atoms with Crippen molar-refractivity contribution in [2.45, 2.75) is 24.9 Å². The Kier molecular flexibility index (Phi) is 5.52. The van der Waals surface area contributed by atoms with Crippen LogP contribution in [0.3, 0.4) is 0 Å². The maximum atomic E-state index is 13.6. The van der Waals surface area contributed by atoms with Gasteiger partial charge in [0, 0.05) is 38.0 Å². The number of amides is 1. The van der Waals surface area contributed by atoms with Gasteiger partial charge in [0.2, 0.25) is 5.91 Å². The summed E-state index contributed by atoms with van der Waals surface area (Å²) >= 11 is 0. The number of Topliss-reactive ketones (excluding diaryl/α,β-unsaturated/α-hetero) is 4. The first kappa shape index (κ1) is 24.1. The van der Waals surface area contributed by atoms with E-state index in [0.717, 1.165) is 0 Å². The first-order valence-corrected chi connectivity index (χ1v) is 10.8. The molecule has 0 saturated heterocycles. The van der Waals surface area contributed by atoms with Crippen molar-refractivity contribution in [3.8, 4) is 17.6 Å². The van der Waals surface area contributed by atoms with Crippen molar-refractivity contribution in [2.24, 2.45) is 29.4 Å². The smallest absolute Gasteiger partial charge is 0.382 e. The second kappa shape index (κ2) is 8.02. The Balaban J connectivity index is 1.87. The zero-order valence-electron chi connectivity index (χ0n) is 18.8. The molecule has 0 aromatic heterocycles. The van der Waals surface area contributed by atoms with Crippen LogP contribution in [0.25, 0.3) is 0 Å². The van der Waals surface area contributed by atoms with Crippen LogP contribution in [-0.2, 0) is 30.4 Å². The molecule has 2 saturated carbocycles. The number of anilines is 1. The molecule has 0 bridgehead atoms. The van der Waals surface area contributed by atoms with Crippen LogP contribution in [0.2, 0.25) is 0 Å². The molecule has 11 nitrogen and oxygen atoms in total. The molecule has 3 aliphatic rings. The Labute approximate surface area is 198 Å². The van der Waals surface area contributed by atoms with E-state index in [-0.39, 0.29) is 24.0 Å². The van der Waals surface area contributed by atoms with Crippen LogP contribution in [0.15, 0.2) is 6.07 Å². The number of fused-ring (bicyclic) bond motifs is 3. The lowest BCUT2D eigenvalue weighted by Crippen LogP contribution is -2.68. The van der Waals surface area contributed by atoms with Gasteiger partial charge in [-0.3, -0.25) is 24.0 Å². The number of aromatic hydroxyl groups is 1. The van der Waals surface area contributed by atoms with E-state index in [1.54, 1.807) is 19.0 Å². The second-order valence-electron chi connectivity index (χ2n) is 9.33. The predicted molar refractivity (Wildman–Crippen MR) is 117 cm³/mol. The van der Waals surface area contributed by atoms with E-state index in [9.17, 15) is 39.0 Å². The number of hydrogen-bond donors (Lipinski definition) is 4. The number of hydrogen-bond acceptors (Lipinski definition) is 9. The Morgan fingerprint density at radius 1 is 1.14 bits per heavy atom. The summed E-state index contributed by atoms with van der Waals surface area (Å²) in [5, 5.41) is 30.9. The number of nitrogens with zero attached hydrogens (tertiary/aromatic N) is 1. The highest BCUT2D eigenvalue weighted by molar-refractivity contribution is 6.31. The predicted octanol–water partition coefficient (Wildman–Crippen LogP) is -1.17. The summed E-state index contributed by atoms with van der Waals surface area (Å²) in [4.78, 5) is 76.7. The maximum Gasteiger partial charge on any atom is 0.382 e. The molecule has 0 aliphatic heterocycles. The van der Waals surface area contributed by atoms with E-state index < -0.39 is 76.5 Å². The normalized spacial score (nSPS) is 29.3. The lowest BCUT2D eigenvalue weighted by Gasteiger charge is -2.48. The molecule has 5 N–H and O–H groups in total. The topological polar surface area (TPSA) is 192 Å². The van der Waals surface area contributed by atoms with E-state index in [2.05, 4.69) is 5.92 Å². The van der Waals surface area contributed by atoms with Crippen molar-refractivity contribution in [1.82, 2.24) is 0 Å². The molecule has 2 fully saturated rings. The van der Waals surface area contributed by atoms with Gasteiger partial charge in [0.25, 0.3) is 0 Å². The van der Waals surface area contributed by atoms with Gasteiger partial charge in [-0.2, -0.15) is 0 Å². The molecule has 35 heavy (non-hydrogen) atoms. The highest BCUT2D eigenvalue weighted by atomic mass is 16.4. The fourth-order valence-electron chi connectivity index (χ4n) is 5.63. The minimum atomic E-state index is -2.73. The number of nitrogens with two attached hydrogens (primary N) is 1. The van der Waals surface area contributed by atoms with E-state index in [1.165, 1.54) is 6.07 Å². The van der Waals surface area contributed by atoms with Crippen LogP contribution in [-0.4, -0.2) is 70.0 Å². The SMILES string of the molecule is CN(C)c1cc(C#CC(=O)O)c(O)c2c1C[C@H]1C[C@H]3CC(=O)C(C(N)=O)C(=O)[C@@]3(O)C(=O)C1C2=O. The zero-order valence-corrected chi connectivity index (χ0v) is 18.8. The number of carbonyl (C=O) groups is 6. The third kappa shape index (κ3) is 3.40. The molecule has 11 heteroatoms. The Morgan fingerprint density at radius 2 is 1.80 bits per heavy atom. The molecule has 4 rings (SSSR count). The van der Waals surface area contributed by atoms with Gasteiger partial charge in [-0.25, -0.2) is 4.79 Å². The number of carboxylic acids is 1. The molecule has 5 atom stereocenters. The first-order chi connectivity index (χ1) is 16.3. The largest absolute Gasteiger partial charge is 0.506 e. The summed E-state index contributed by atoms with van der Waals surface area (Å²) in [5.41, 5.74) is 2.92. The van der Waals surface area contributed by atoms with Gasteiger partial charge >= 0.3 is 5.97 Å². The van der Waals surface area contributed by atoms with Crippen LogP contribution in [0.5, 0.6) is 5.75 Å². The average molecular weight is 482 g/mol. The Bertz CT molecular complexity index is 1300. The summed E-state index contributed by atoms with van der Waals surface area (Å²) in [6.45, 7) is 0. The molecule has 3 aliphatic carbocycles. The number of carbonyl (C=O) groups excluding carboxylic acids is 5. The molecule has 1 aromatic rings. The van der Waals surface area contributed by atoms with Gasteiger partial charge in [-0.15, -0.1) is 0 Å². The van der Waals surface area contributed by atoms with Gasteiger partial charge in [0.05, 0.1) is 17.0 Å². The standard InChI is InChI=1S/C24H22N2O9/c1-26(2)13-7-9(3-4-15(28)29)19(30)17-12(13)6-10-5-11-8-14(27)18(23(25)34)22(33)24(11,35)21(32)16(10)20(17)31/h7,10-11,16,18,30,35H,5-6,8H2,1-2H3,(H2,25,34)(H,28,29)/t10-,11+,16?,18?,24+/m1/s1. The Hall–Kier alpha value is -4.04. The lowest BCUT2D eigenvalue weighted by atomic mass is 9.53. The number of rotatable bonds is 2. The number of benzene rings is 1. The minimum absolute atomic E-state index is 0.0186. The van der Waals surface area contributed by atoms with E-state index in [0.29, 0.717) is 11.3 Å². The number of primary amides is 1. The summed E-state index contributed by atoms with van der Waals surface area (Å²) < 4.78 is 0. The molecule has 1 aromatic carbocycles. The Morgan fingerprint density at radius 3 is 2.37 bits per heavy atom. The molecule has 0 heterocycles. The third-order valence-corrected chi connectivity index (χ3v) is 7.16. The molecule has 2 unspecified atom stereocenters. The molecular weight excluding hydrogens is 460 g/mol. The van der Waals surface area contributed by atoms with Gasteiger partial charge in [0.15, 0.2) is 34.7 Å². The van der Waals surface area contributed by atoms with E-state index in [4.69, 9.17) is 10.8 Å². The van der Waals surface area contributed by atoms with Crippen LogP contribution in [0.1, 0.15) is 34.3 Å². The molecule has 0 spiro atoms. The van der Waals surface area contributed by atoms with Gasteiger partial charge in [-0.05, 0) is 30.4 Å². The third-order valence-electron chi connectivity index (χ3n) is 7.16. The molecule has 1 amide bonds. The number of carboxylic acid groups (broad SMARTS) is 1. The monoisotopic (exact) mass is 482 g/mol. The number of ketones is 4. The quantitative estimate of drug-likeness (QED) is 0.295. The number of aliphatic carboxylic acids is 1. The minimum Gasteiger partial charge on any atom is -0.506 e. The highest BCUT2D eigenvalue weighted by Crippen LogP contribution is 2.51. The van der Waals surface area contributed by atoms with Gasteiger partial charge < -0.3 is 26.0 Å². The van der Waals surface area contributed by atoms with Crippen LogP contribution in [0.4, 0.5) is 5.69 Å². The van der Waals surface area contributed by atoms with E-state index in [1.807, 2.05) is 5.92 Å². The number of aliphatic hydroxyl groups is 1. The van der Waals surface area contributed by atoms with Crippen molar-refractivity contribution < 1.29 is 44.1 Å². The number of phenolic OH excluding ortho intramolecular Hbond substituents is 1. The van der Waals surface area contributed by atoms with Crippen molar-refractivity contribution in [1.29, 1.82) is 0 Å². The second-order valence-corrected chi connectivity index (χ2v) is 9.33. The van der Waals surface area contributed by atoms with Crippen molar-refractivity contribution in [3.05, 3.63) is 22.8 Å². The summed E-state index contributed by atoms with van der Waals surface area (Å²) in [5.74, 6) is -8.55. The lowest BCUT2D eigenvalue weighted by molar-refractivity contribution is -0.175. The van der Waals surface area contributed by atoms with Crippen LogP contribution >= 0.6 is 0 Å². The maximum absolute atomic E-state index is 13.6. The molecule has 182 valence electrons. The van der Waals surface area contributed by atoms with Crippen molar-refractivity contribution in [2.75, 3.05) is 19.0 Å². The fraction of sp³-hybridized carbons (Fsp3) is 0.417. The van der Waals surface area contributed by atoms with Crippen LogP contribution in [0, 0.1) is 35.5 Å². The zero-order chi connectivity index (χ0) is 26.0. The average Bonchev–Trinajstić information content (AvgIpc) is 2.75. The van der Waals surface area contributed by atoms with E-state index >= 15 is 0 Å². The highest BCUT2D eigenvalue weighted by Gasteiger charge is 2.66. The van der Waals surface area contributed by atoms with Crippen molar-refractivity contribution >= 4 is 40.7 Å². The number of phenols is 1. The van der Waals surface area contributed by atoms with Gasteiger partial charge in [-0.1, -0.05) is 5.92 Å². The summed E-state index contributed by atoms with van der Waals surface area (Å²) in [7, 11) is 3.34. The fourth-order valence-corrected chi connectivity index (χ4v) is 5.63. The summed E-state index contributed by atoms with van der Waals surface area (Å²) in [6.07, 6.45) is -0.323. The molecule has 0 radical (unpaired) electrons.